The molecular formula is C19H21N3O2S. The van der Waals surface area contributed by atoms with Gasteiger partial charge in [-0.2, -0.15) is 0 Å². The number of rotatable bonds is 3. The van der Waals surface area contributed by atoms with Crippen LogP contribution in [0.3, 0.4) is 0 Å². The number of nitrogens with zero attached hydrogens (tertiary/aromatic N) is 3. The van der Waals surface area contributed by atoms with Crippen molar-refractivity contribution < 1.29 is 9.59 Å². The highest BCUT2D eigenvalue weighted by atomic mass is 32.2. The lowest BCUT2D eigenvalue weighted by atomic mass is 10.1. The number of carbonyl (C=O) groups excluding carboxylic acids is 2. The van der Waals surface area contributed by atoms with Gasteiger partial charge in [0.2, 0.25) is 5.91 Å². The average molecular weight is 355 g/mol. The van der Waals surface area contributed by atoms with Gasteiger partial charge in [-0.3, -0.25) is 9.59 Å². The number of aromatic nitrogens is 1. The monoisotopic (exact) mass is 355 g/mol. The molecule has 6 heteroatoms. The first kappa shape index (κ1) is 17.5. The number of hydrogen-bond acceptors (Lipinski definition) is 4. The Morgan fingerprint density at radius 3 is 2.80 bits per heavy atom. The molecular weight excluding hydrogens is 334 g/mol. The quantitative estimate of drug-likeness (QED) is 0.794. The van der Waals surface area contributed by atoms with Crippen LogP contribution in [0.25, 0.3) is 0 Å². The third kappa shape index (κ3) is 3.54. The highest BCUT2D eigenvalue weighted by molar-refractivity contribution is 7.98. The summed E-state index contributed by atoms with van der Waals surface area (Å²) in [5.41, 5.74) is 2.55. The van der Waals surface area contributed by atoms with E-state index in [0.717, 1.165) is 11.3 Å². The first-order chi connectivity index (χ1) is 12.0. The lowest BCUT2D eigenvalue weighted by Gasteiger charge is -2.39. The molecule has 1 atom stereocenters. The summed E-state index contributed by atoms with van der Waals surface area (Å²) in [5, 5.41) is 0.688. The van der Waals surface area contributed by atoms with Crippen molar-refractivity contribution in [2.24, 2.45) is 0 Å². The Morgan fingerprint density at radius 2 is 2.08 bits per heavy atom. The second-order valence-corrected chi connectivity index (χ2v) is 6.98. The highest BCUT2D eigenvalue weighted by Gasteiger charge is 2.34. The predicted molar refractivity (Wildman–Crippen MR) is 100 cm³/mol. The van der Waals surface area contributed by atoms with Gasteiger partial charge >= 0.3 is 0 Å². The number of carbonyl (C=O) groups is 2. The fourth-order valence-corrected chi connectivity index (χ4v) is 3.58. The number of hydrogen-bond donors (Lipinski definition) is 0. The molecule has 3 rings (SSSR count). The summed E-state index contributed by atoms with van der Waals surface area (Å²) in [6, 6.07) is 11.3. The molecule has 130 valence electrons. The molecule has 1 aromatic heterocycles. The number of thioether (sulfide) groups is 1. The van der Waals surface area contributed by atoms with E-state index in [0.29, 0.717) is 17.1 Å². The molecule has 0 unspecified atom stereocenters. The van der Waals surface area contributed by atoms with E-state index in [1.54, 1.807) is 28.1 Å². The summed E-state index contributed by atoms with van der Waals surface area (Å²) < 4.78 is 0. The first-order valence-electron chi connectivity index (χ1n) is 8.18. The van der Waals surface area contributed by atoms with Crippen molar-refractivity contribution in [1.29, 1.82) is 0 Å². The maximum atomic E-state index is 12.9. The zero-order valence-electron chi connectivity index (χ0n) is 14.6. The van der Waals surface area contributed by atoms with Crippen LogP contribution in [-0.4, -0.2) is 47.1 Å². The Kier molecular flexibility index (Phi) is 5.08. The maximum absolute atomic E-state index is 12.9. The van der Waals surface area contributed by atoms with Gasteiger partial charge in [-0.15, -0.1) is 11.8 Å². The standard InChI is InChI=1S/C19H21N3O2S/c1-13-6-4-7-15(10-13)22-11-14(2)21(12-17(22)23)19(24)16-8-5-9-20-18(16)25-3/h4-10,14H,11-12H2,1-3H3/t14-/m1/s1. The highest BCUT2D eigenvalue weighted by Crippen LogP contribution is 2.24. The van der Waals surface area contributed by atoms with Gasteiger partial charge in [0.25, 0.3) is 5.91 Å². The molecule has 25 heavy (non-hydrogen) atoms. The van der Waals surface area contributed by atoms with E-state index in [2.05, 4.69) is 4.98 Å². The predicted octanol–water partition coefficient (Wildman–Crippen LogP) is 2.99. The summed E-state index contributed by atoms with van der Waals surface area (Å²) in [7, 11) is 0. The van der Waals surface area contributed by atoms with E-state index in [9.17, 15) is 9.59 Å². The van der Waals surface area contributed by atoms with Gasteiger partial charge in [-0.25, -0.2) is 4.98 Å². The van der Waals surface area contributed by atoms with Gasteiger partial charge in [-0.05, 0) is 49.9 Å². The minimum atomic E-state index is -0.137. The molecule has 0 radical (unpaired) electrons. The fourth-order valence-electron chi connectivity index (χ4n) is 3.04. The van der Waals surface area contributed by atoms with Gasteiger partial charge in [0.05, 0.1) is 5.56 Å². The summed E-state index contributed by atoms with van der Waals surface area (Å²) in [6.45, 7) is 4.55. The van der Waals surface area contributed by atoms with Crippen LogP contribution in [0.4, 0.5) is 5.69 Å². The van der Waals surface area contributed by atoms with Gasteiger partial charge in [0.1, 0.15) is 11.6 Å². The molecule has 1 aliphatic heterocycles. The summed E-state index contributed by atoms with van der Waals surface area (Å²) in [4.78, 5) is 33.3. The molecule has 2 aromatic rings. The maximum Gasteiger partial charge on any atom is 0.257 e. The van der Waals surface area contributed by atoms with E-state index in [1.165, 1.54) is 11.8 Å². The van der Waals surface area contributed by atoms with E-state index in [-0.39, 0.29) is 24.4 Å². The molecule has 1 aliphatic rings. The van der Waals surface area contributed by atoms with Gasteiger partial charge in [-0.1, -0.05) is 12.1 Å². The second-order valence-electron chi connectivity index (χ2n) is 6.19. The third-order valence-electron chi connectivity index (χ3n) is 4.35. The number of piperazine rings is 1. The minimum absolute atomic E-state index is 0.0633. The van der Waals surface area contributed by atoms with Crippen LogP contribution in [0, 0.1) is 6.92 Å². The number of aryl methyl sites for hydroxylation is 1. The van der Waals surface area contributed by atoms with Crippen LogP contribution in [0.1, 0.15) is 22.8 Å². The smallest absolute Gasteiger partial charge is 0.257 e. The Morgan fingerprint density at radius 1 is 1.28 bits per heavy atom. The van der Waals surface area contributed by atoms with Crippen molar-refractivity contribution in [1.82, 2.24) is 9.88 Å². The normalized spacial score (nSPS) is 17.7. The van der Waals surface area contributed by atoms with E-state index >= 15 is 0 Å². The van der Waals surface area contributed by atoms with Crippen LogP contribution in [0.5, 0.6) is 0 Å². The van der Waals surface area contributed by atoms with Crippen molar-refractivity contribution in [3.05, 3.63) is 53.7 Å². The molecule has 5 nitrogen and oxygen atoms in total. The molecule has 0 bridgehead atoms. The average Bonchev–Trinajstić information content (AvgIpc) is 2.62. The molecule has 1 saturated heterocycles. The zero-order valence-corrected chi connectivity index (χ0v) is 15.4. The Balaban J connectivity index is 1.83. The van der Waals surface area contributed by atoms with E-state index in [4.69, 9.17) is 0 Å². The van der Waals surface area contributed by atoms with Crippen molar-refractivity contribution in [2.75, 3.05) is 24.2 Å². The number of amides is 2. The molecule has 1 fully saturated rings. The van der Waals surface area contributed by atoms with Crippen LogP contribution in [0.2, 0.25) is 0 Å². The number of benzene rings is 1. The first-order valence-corrected chi connectivity index (χ1v) is 9.40. The van der Waals surface area contributed by atoms with E-state index in [1.807, 2.05) is 44.4 Å². The SMILES string of the molecule is CSc1ncccc1C(=O)N1CC(=O)N(c2cccc(C)c2)C[C@H]1C. The van der Waals surface area contributed by atoms with Gasteiger partial charge in [0.15, 0.2) is 0 Å². The molecule has 2 heterocycles. The van der Waals surface area contributed by atoms with Crippen molar-refractivity contribution in [2.45, 2.75) is 24.9 Å². The van der Waals surface area contributed by atoms with E-state index < -0.39 is 0 Å². The lowest BCUT2D eigenvalue weighted by molar-refractivity contribution is -0.121. The summed E-state index contributed by atoms with van der Waals surface area (Å²) in [5.74, 6) is -0.200. The minimum Gasteiger partial charge on any atom is -0.325 e. The van der Waals surface area contributed by atoms with Crippen molar-refractivity contribution >= 4 is 29.3 Å². The van der Waals surface area contributed by atoms with Crippen LogP contribution >= 0.6 is 11.8 Å². The molecule has 0 spiro atoms. The van der Waals surface area contributed by atoms with Crippen molar-refractivity contribution in [3.8, 4) is 0 Å². The van der Waals surface area contributed by atoms with Gasteiger partial charge < -0.3 is 9.80 Å². The molecule has 0 N–H and O–H groups in total. The Hall–Kier alpha value is -2.34. The Bertz CT molecular complexity index is 809. The molecule has 1 aromatic carbocycles. The third-order valence-corrected chi connectivity index (χ3v) is 5.07. The lowest BCUT2D eigenvalue weighted by Crippen LogP contribution is -2.57. The zero-order chi connectivity index (χ0) is 18.0. The second kappa shape index (κ2) is 7.27. The Labute approximate surface area is 152 Å². The van der Waals surface area contributed by atoms with Crippen molar-refractivity contribution in [3.63, 3.8) is 0 Å². The number of anilines is 1. The van der Waals surface area contributed by atoms with Crippen LogP contribution in [-0.2, 0) is 4.79 Å². The van der Waals surface area contributed by atoms with Crippen LogP contribution in [0.15, 0.2) is 47.6 Å². The molecule has 0 aliphatic carbocycles. The van der Waals surface area contributed by atoms with Gasteiger partial charge in [0, 0.05) is 24.5 Å². The molecule has 0 saturated carbocycles. The summed E-state index contributed by atoms with van der Waals surface area (Å²) in [6.07, 6.45) is 3.57. The van der Waals surface area contributed by atoms with Crippen LogP contribution < -0.4 is 4.90 Å². The summed E-state index contributed by atoms with van der Waals surface area (Å²) >= 11 is 1.43. The topological polar surface area (TPSA) is 53.5 Å². The molecule has 2 amide bonds. The largest absolute Gasteiger partial charge is 0.325 e. The fraction of sp³-hybridized carbons (Fsp3) is 0.316. The number of pyridine rings is 1.